The van der Waals surface area contributed by atoms with Crippen molar-refractivity contribution < 1.29 is 14.3 Å². The second kappa shape index (κ2) is 6.45. The molecular formula is C20H30N2O3. The summed E-state index contributed by atoms with van der Waals surface area (Å²) in [5, 5.41) is 2.83. The van der Waals surface area contributed by atoms with Crippen LogP contribution in [0.4, 0.5) is 4.79 Å². The van der Waals surface area contributed by atoms with Gasteiger partial charge in [0.25, 0.3) is 5.91 Å². The number of urea groups is 1. The third-order valence-corrected chi connectivity index (χ3v) is 4.45. The van der Waals surface area contributed by atoms with Crippen LogP contribution in [0.25, 0.3) is 0 Å². The van der Waals surface area contributed by atoms with Gasteiger partial charge in [-0.3, -0.25) is 9.69 Å². The summed E-state index contributed by atoms with van der Waals surface area (Å²) < 4.78 is 5.64. The maximum absolute atomic E-state index is 12.9. The number of nitrogens with zero attached hydrogens (tertiary/aromatic N) is 1. The Balaban J connectivity index is 2.16. The minimum absolute atomic E-state index is 0.0404. The first kappa shape index (κ1) is 19.4. The summed E-state index contributed by atoms with van der Waals surface area (Å²) in [5.74, 6) is -0.237. The fourth-order valence-corrected chi connectivity index (χ4v) is 2.84. The molecule has 138 valence electrons. The molecule has 3 amide bonds. The van der Waals surface area contributed by atoms with Crippen molar-refractivity contribution in [2.45, 2.75) is 65.0 Å². The Labute approximate surface area is 150 Å². The highest BCUT2D eigenvalue weighted by Crippen LogP contribution is 2.31. The topological polar surface area (TPSA) is 58.6 Å². The summed E-state index contributed by atoms with van der Waals surface area (Å²) in [7, 11) is 0. The largest absolute Gasteiger partial charge is 0.374 e. The van der Waals surface area contributed by atoms with Crippen LogP contribution in [-0.4, -0.2) is 35.6 Å². The lowest BCUT2D eigenvalue weighted by atomic mass is 9.84. The molecule has 0 saturated carbocycles. The van der Waals surface area contributed by atoms with Crippen LogP contribution < -0.4 is 5.32 Å². The van der Waals surface area contributed by atoms with Gasteiger partial charge in [-0.25, -0.2) is 4.79 Å². The van der Waals surface area contributed by atoms with E-state index < -0.39 is 5.54 Å². The fourth-order valence-electron chi connectivity index (χ4n) is 2.84. The molecule has 1 aliphatic heterocycles. The molecule has 1 aromatic rings. The molecule has 1 aromatic carbocycles. The Kier molecular flexibility index (Phi) is 5.01. The van der Waals surface area contributed by atoms with E-state index in [1.54, 1.807) is 6.92 Å². The number of rotatable bonds is 4. The van der Waals surface area contributed by atoms with Gasteiger partial charge < -0.3 is 10.1 Å². The van der Waals surface area contributed by atoms with Gasteiger partial charge in [-0.15, -0.1) is 0 Å². The molecule has 0 bridgehead atoms. The Morgan fingerprint density at radius 2 is 1.60 bits per heavy atom. The van der Waals surface area contributed by atoms with Crippen LogP contribution in [0.1, 0.15) is 59.6 Å². The van der Waals surface area contributed by atoms with Crippen molar-refractivity contribution in [3.8, 4) is 0 Å². The number of imide groups is 1. The number of carbonyl (C=O) groups excluding carboxylic acids is 2. The predicted octanol–water partition coefficient (Wildman–Crippen LogP) is 3.57. The molecule has 1 fully saturated rings. The summed E-state index contributed by atoms with van der Waals surface area (Å²) in [6.45, 7) is 14.6. The fraction of sp³-hybridized carbons (Fsp3) is 0.600. The first-order valence-electron chi connectivity index (χ1n) is 8.74. The number of ether oxygens (including phenoxy) is 1. The standard InChI is InChI=1S/C20H30N2O3/c1-18(2,3)14-8-10-15(11-9-14)20(7)16(23)22(17(24)21-20)12-13-25-19(4,5)6/h8-11H,12-13H2,1-7H3,(H,21,24)/t20-/m0/s1. The summed E-state index contributed by atoms with van der Waals surface area (Å²) >= 11 is 0. The first-order chi connectivity index (χ1) is 11.3. The van der Waals surface area contributed by atoms with E-state index >= 15 is 0 Å². The summed E-state index contributed by atoms with van der Waals surface area (Å²) in [6, 6.07) is 7.52. The molecule has 1 aliphatic rings. The van der Waals surface area contributed by atoms with E-state index in [9.17, 15) is 9.59 Å². The molecule has 1 saturated heterocycles. The van der Waals surface area contributed by atoms with Crippen LogP contribution in [0.15, 0.2) is 24.3 Å². The van der Waals surface area contributed by atoms with Crippen molar-refractivity contribution in [2.24, 2.45) is 0 Å². The van der Waals surface area contributed by atoms with Crippen LogP contribution in [0.3, 0.4) is 0 Å². The average Bonchev–Trinajstić information content (AvgIpc) is 2.69. The zero-order chi connectivity index (χ0) is 19.0. The quantitative estimate of drug-likeness (QED) is 0.848. The van der Waals surface area contributed by atoms with Gasteiger partial charge in [0.15, 0.2) is 0 Å². The van der Waals surface area contributed by atoms with E-state index in [4.69, 9.17) is 4.74 Å². The minimum Gasteiger partial charge on any atom is -0.374 e. The van der Waals surface area contributed by atoms with Crippen LogP contribution in [0, 0.1) is 0 Å². The Bertz CT molecular complexity index is 653. The van der Waals surface area contributed by atoms with Crippen LogP contribution in [-0.2, 0) is 20.5 Å². The SMILES string of the molecule is CC(C)(C)OCCN1C(=O)N[C@@](C)(c2ccc(C(C)(C)C)cc2)C1=O. The molecule has 0 aromatic heterocycles. The monoisotopic (exact) mass is 346 g/mol. The first-order valence-corrected chi connectivity index (χ1v) is 8.74. The summed E-state index contributed by atoms with van der Waals surface area (Å²) in [5.41, 5.74) is 0.685. The third-order valence-electron chi connectivity index (χ3n) is 4.45. The second-order valence-electron chi connectivity index (χ2n) is 8.80. The van der Waals surface area contributed by atoms with E-state index in [1.165, 1.54) is 10.5 Å². The maximum atomic E-state index is 12.9. The second-order valence-corrected chi connectivity index (χ2v) is 8.80. The molecule has 0 radical (unpaired) electrons. The zero-order valence-corrected chi connectivity index (χ0v) is 16.4. The molecule has 25 heavy (non-hydrogen) atoms. The van der Waals surface area contributed by atoms with Gasteiger partial charge in [0, 0.05) is 0 Å². The van der Waals surface area contributed by atoms with Crippen molar-refractivity contribution in [2.75, 3.05) is 13.2 Å². The lowest BCUT2D eigenvalue weighted by Gasteiger charge is -2.25. The van der Waals surface area contributed by atoms with Crippen LogP contribution >= 0.6 is 0 Å². The molecular weight excluding hydrogens is 316 g/mol. The predicted molar refractivity (Wildman–Crippen MR) is 98.4 cm³/mol. The number of benzene rings is 1. The highest BCUT2D eigenvalue weighted by molar-refractivity contribution is 6.07. The number of hydrogen-bond acceptors (Lipinski definition) is 3. The van der Waals surface area contributed by atoms with E-state index in [2.05, 4.69) is 26.1 Å². The lowest BCUT2D eigenvalue weighted by molar-refractivity contribution is -0.132. The highest BCUT2D eigenvalue weighted by Gasteiger charge is 2.48. The number of hydrogen-bond donors (Lipinski definition) is 1. The summed E-state index contributed by atoms with van der Waals surface area (Å²) in [6.07, 6.45) is 0. The molecule has 0 spiro atoms. The molecule has 1 atom stereocenters. The lowest BCUT2D eigenvalue weighted by Crippen LogP contribution is -2.41. The van der Waals surface area contributed by atoms with Crippen molar-refractivity contribution in [1.29, 1.82) is 0 Å². The van der Waals surface area contributed by atoms with Gasteiger partial charge in [0.1, 0.15) is 5.54 Å². The Morgan fingerprint density at radius 3 is 2.08 bits per heavy atom. The van der Waals surface area contributed by atoms with Crippen molar-refractivity contribution in [3.63, 3.8) is 0 Å². The van der Waals surface area contributed by atoms with Gasteiger partial charge in [0.05, 0.1) is 18.8 Å². The van der Waals surface area contributed by atoms with E-state index in [0.29, 0.717) is 6.61 Å². The minimum atomic E-state index is -1.03. The van der Waals surface area contributed by atoms with Crippen molar-refractivity contribution in [3.05, 3.63) is 35.4 Å². The average molecular weight is 346 g/mol. The molecule has 0 unspecified atom stereocenters. The van der Waals surface area contributed by atoms with E-state index in [1.807, 2.05) is 45.0 Å². The molecule has 2 rings (SSSR count). The molecule has 1 heterocycles. The molecule has 0 aliphatic carbocycles. The number of nitrogens with one attached hydrogen (secondary N) is 1. The molecule has 5 nitrogen and oxygen atoms in total. The number of amides is 3. The summed E-state index contributed by atoms with van der Waals surface area (Å²) in [4.78, 5) is 26.4. The van der Waals surface area contributed by atoms with E-state index in [0.717, 1.165) is 5.56 Å². The van der Waals surface area contributed by atoms with Gasteiger partial charge in [-0.1, -0.05) is 45.0 Å². The Hall–Kier alpha value is -1.88. The normalized spacial score (nSPS) is 21.6. The van der Waals surface area contributed by atoms with Gasteiger partial charge in [-0.05, 0) is 44.2 Å². The maximum Gasteiger partial charge on any atom is 0.325 e. The number of carbonyl (C=O) groups is 2. The van der Waals surface area contributed by atoms with Gasteiger partial charge in [0.2, 0.25) is 0 Å². The Morgan fingerprint density at radius 1 is 1.04 bits per heavy atom. The van der Waals surface area contributed by atoms with Gasteiger partial charge >= 0.3 is 6.03 Å². The smallest absolute Gasteiger partial charge is 0.325 e. The zero-order valence-electron chi connectivity index (χ0n) is 16.4. The van der Waals surface area contributed by atoms with Crippen LogP contribution in [0.2, 0.25) is 0 Å². The van der Waals surface area contributed by atoms with Crippen molar-refractivity contribution >= 4 is 11.9 Å². The highest BCUT2D eigenvalue weighted by atomic mass is 16.5. The molecule has 5 heteroatoms. The van der Waals surface area contributed by atoms with Crippen LogP contribution in [0.5, 0.6) is 0 Å². The van der Waals surface area contributed by atoms with E-state index in [-0.39, 0.29) is 29.5 Å². The molecule has 1 N–H and O–H groups in total. The third kappa shape index (κ3) is 4.21. The van der Waals surface area contributed by atoms with Crippen molar-refractivity contribution in [1.82, 2.24) is 10.2 Å². The van der Waals surface area contributed by atoms with Gasteiger partial charge in [-0.2, -0.15) is 0 Å².